The Morgan fingerprint density at radius 1 is 0.825 bits per heavy atom. The van der Waals surface area contributed by atoms with Crippen LogP contribution in [0.25, 0.3) is 22.8 Å². The lowest BCUT2D eigenvalue weighted by Gasteiger charge is -2.35. The molecule has 2 heteroatoms. The van der Waals surface area contributed by atoms with Gasteiger partial charge in [0, 0.05) is 46.2 Å². The van der Waals surface area contributed by atoms with E-state index < -0.39 is 0 Å². The van der Waals surface area contributed by atoms with E-state index in [1.165, 1.54) is 73.7 Å². The van der Waals surface area contributed by atoms with Crippen LogP contribution in [0.4, 0.5) is 11.4 Å². The first-order valence-electron chi connectivity index (χ1n) is 14.9. The molecule has 3 aromatic carbocycles. The minimum Gasteiger partial charge on any atom is -0.355 e. The number of nitrogens with one attached hydrogen (secondary N) is 1. The van der Waals surface area contributed by atoms with Crippen molar-refractivity contribution in [3.05, 3.63) is 142 Å². The minimum absolute atomic E-state index is 0.403. The van der Waals surface area contributed by atoms with Gasteiger partial charge in [-0.15, -0.1) is 0 Å². The molecule has 0 amide bonds. The summed E-state index contributed by atoms with van der Waals surface area (Å²) in [6.45, 7) is 0. The lowest BCUT2D eigenvalue weighted by molar-refractivity contribution is 0.555. The molecule has 0 aromatic heterocycles. The maximum atomic E-state index is 3.95. The number of anilines is 2. The lowest BCUT2D eigenvalue weighted by atomic mass is 9.79. The largest absolute Gasteiger partial charge is 0.355 e. The van der Waals surface area contributed by atoms with Crippen LogP contribution in [0.15, 0.2) is 120 Å². The fourth-order valence-corrected chi connectivity index (χ4v) is 7.86. The molecule has 0 radical (unpaired) electrons. The number of para-hydroxylation sites is 1. The van der Waals surface area contributed by atoms with E-state index in [0.717, 1.165) is 25.7 Å². The molecule has 2 unspecified atom stereocenters. The second-order valence-electron chi connectivity index (χ2n) is 12.0. The molecule has 0 saturated carbocycles. The third-order valence-electron chi connectivity index (χ3n) is 9.80. The van der Waals surface area contributed by atoms with Gasteiger partial charge in [-0.25, -0.2) is 0 Å². The predicted molar refractivity (Wildman–Crippen MR) is 167 cm³/mol. The van der Waals surface area contributed by atoms with Gasteiger partial charge in [0.1, 0.15) is 0 Å². The Hall–Kier alpha value is -4.30. The van der Waals surface area contributed by atoms with Crippen molar-refractivity contribution < 1.29 is 0 Å². The number of rotatable bonds is 1. The molecule has 40 heavy (non-hydrogen) atoms. The molecule has 2 aliphatic heterocycles. The zero-order valence-corrected chi connectivity index (χ0v) is 22.6. The molecule has 2 heterocycles. The molecule has 4 aliphatic carbocycles. The van der Waals surface area contributed by atoms with E-state index in [1.54, 1.807) is 0 Å². The van der Waals surface area contributed by atoms with Crippen molar-refractivity contribution in [2.24, 2.45) is 5.92 Å². The number of fused-ring (bicyclic) bond motifs is 10. The highest BCUT2D eigenvalue weighted by Crippen LogP contribution is 2.49. The Labute approximate surface area is 236 Å². The normalized spacial score (nSPS) is 24.8. The quantitative estimate of drug-likeness (QED) is 0.324. The average molecular weight is 517 g/mol. The molecule has 1 N–H and O–H groups in total. The third kappa shape index (κ3) is 3.35. The highest BCUT2D eigenvalue weighted by atomic mass is 15.2. The molecule has 9 rings (SSSR count). The summed E-state index contributed by atoms with van der Waals surface area (Å²) in [4.78, 5) is 2.63. The van der Waals surface area contributed by atoms with Crippen molar-refractivity contribution in [1.82, 2.24) is 0 Å². The van der Waals surface area contributed by atoms with Gasteiger partial charge in [0.05, 0.1) is 0 Å². The average Bonchev–Trinajstić information content (AvgIpc) is 3.34. The molecule has 3 aromatic rings. The maximum Gasteiger partial charge on any atom is 0.0467 e. The number of benzene rings is 3. The molecule has 0 spiro atoms. The number of hydrogen-bond donors (Lipinski definition) is 1. The summed E-state index contributed by atoms with van der Waals surface area (Å²) in [5, 5.41) is 3.95. The van der Waals surface area contributed by atoms with E-state index in [-0.39, 0.29) is 0 Å². The Morgan fingerprint density at radius 2 is 1.77 bits per heavy atom. The second kappa shape index (κ2) is 8.60. The summed E-state index contributed by atoms with van der Waals surface area (Å²) in [5.41, 5.74) is 16.2. The Kier molecular flexibility index (Phi) is 4.84. The Morgan fingerprint density at radius 3 is 2.77 bits per heavy atom. The van der Waals surface area contributed by atoms with E-state index >= 15 is 0 Å². The van der Waals surface area contributed by atoms with Gasteiger partial charge >= 0.3 is 0 Å². The summed E-state index contributed by atoms with van der Waals surface area (Å²) in [6, 6.07) is 23.5. The number of aryl methyl sites for hydroxylation is 1. The van der Waals surface area contributed by atoms with Crippen molar-refractivity contribution in [3.8, 4) is 11.1 Å². The van der Waals surface area contributed by atoms with Gasteiger partial charge in [-0.05, 0) is 114 Å². The summed E-state index contributed by atoms with van der Waals surface area (Å²) in [6.07, 6.45) is 24.8. The van der Waals surface area contributed by atoms with E-state index in [2.05, 4.69) is 119 Å². The van der Waals surface area contributed by atoms with Crippen LogP contribution in [-0.2, 0) is 6.42 Å². The first-order valence-corrected chi connectivity index (χ1v) is 14.9. The smallest absolute Gasteiger partial charge is 0.0467 e. The van der Waals surface area contributed by atoms with E-state index in [0.29, 0.717) is 17.9 Å². The van der Waals surface area contributed by atoms with E-state index in [1.807, 2.05) is 0 Å². The maximum absolute atomic E-state index is 3.95. The highest BCUT2D eigenvalue weighted by Gasteiger charge is 2.39. The van der Waals surface area contributed by atoms with Crippen LogP contribution in [0.2, 0.25) is 0 Å². The predicted octanol–water partition coefficient (Wildman–Crippen LogP) is 9.17. The van der Waals surface area contributed by atoms with Crippen LogP contribution in [0.1, 0.15) is 53.9 Å². The van der Waals surface area contributed by atoms with E-state index in [9.17, 15) is 0 Å². The van der Waals surface area contributed by atoms with Crippen molar-refractivity contribution >= 4 is 23.0 Å². The molecule has 3 atom stereocenters. The third-order valence-corrected chi connectivity index (χ3v) is 9.80. The minimum atomic E-state index is 0.403. The molecule has 6 aliphatic rings. The van der Waals surface area contributed by atoms with Crippen LogP contribution in [0, 0.1) is 5.92 Å². The SMILES string of the molecule is C1=Cc2cc3c(cc2CC1)NC1=C(CC2C=CC(N4c5ccccc5C5C=CCC[C@@H]54)=CC2=C1)c1cccc-3c1. The van der Waals surface area contributed by atoms with Gasteiger partial charge in [0.25, 0.3) is 0 Å². The highest BCUT2D eigenvalue weighted by molar-refractivity contribution is 5.90. The number of hydrogen-bond acceptors (Lipinski definition) is 2. The summed E-state index contributed by atoms with van der Waals surface area (Å²) in [5.74, 6) is 0.892. The van der Waals surface area contributed by atoms with Crippen LogP contribution in [-0.4, -0.2) is 6.04 Å². The van der Waals surface area contributed by atoms with Gasteiger partial charge in [-0.3, -0.25) is 0 Å². The van der Waals surface area contributed by atoms with Crippen molar-refractivity contribution in [2.75, 3.05) is 10.2 Å². The van der Waals surface area contributed by atoms with Crippen molar-refractivity contribution in [3.63, 3.8) is 0 Å². The molecule has 0 saturated heterocycles. The standard InChI is InChI=1S/C38H32N2/c1-2-9-25-22-35-33(20-24(25)8-1)27-10-7-11-28(18-27)34-21-26-16-17-30(19-29(26)23-36(34)39-35)40-37-14-5-3-12-31(37)32-13-4-6-15-38(32)40/h1,3-5,7-8,10-14,16-20,22-23,26,32,38-39H,2,6,9,15,21H2/t26?,32?,38-/m0/s1. The van der Waals surface area contributed by atoms with Gasteiger partial charge in [-0.1, -0.05) is 66.8 Å². The first kappa shape index (κ1) is 22.5. The zero-order valence-electron chi connectivity index (χ0n) is 22.6. The van der Waals surface area contributed by atoms with Gasteiger partial charge in [0.2, 0.25) is 0 Å². The number of allylic oxidation sites excluding steroid dienone is 8. The molecule has 2 bridgehead atoms. The summed E-state index contributed by atoms with van der Waals surface area (Å²) >= 11 is 0. The van der Waals surface area contributed by atoms with Crippen molar-refractivity contribution in [1.29, 1.82) is 0 Å². The van der Waals surface area contributed by atoms with Crippen LogP contribution >= 0.6 is 0 Å². The lowest BCUT2D eigenvalue weighted by Crippen LogP contribution is -2.34. The summed E-state index contributed by atoms with van der Waals surface area (Å²) < 4.78 is 0. The fraction of sp³-hybridized carbons (Fsp3) is 0.211. The van der Waals surface area contributed by atoms with Crippen LogP contribution in [0.5, 0.6) is 0 Å². The monoisotopic (exact) mass is 516 g/mol. The van der Waals surface area contributed by atoms with Gasteiger partial charge in [-0.2, -0.15) is 0 Å². The van der Waals surface area contributed by atoms with Gasteiger partial charge in [0.15, 0.2) is 0 Å². The molecular weight excluding hydrogens is 484 g/mol. The van der Waals surface area contributed by atoms with Gasteiger partial charge < -0.3 is 10.2 Å². The molecule has 2 nitrogen and oxygen atoms in total. The topological polar surface area (TPSA) is 15.3 Å². The second-order valence-corrected chi connectivity index (χ2v) is 12.0. The zero-order chi connectivity index (χ0) is 26.2. The number of nitrogens with zero attached hydrogens (tertiary/aromatic N) is 1. The summed E-state index contributed by atoms with van der Waals surface area (Å²) in [7, 11) is 0. The van der Waals surface area contributed by atoms with E-state index in [4.69, 9.17) is 0 Å². The Balaban J connectivity index is 1.15. The molecule has 0 fully saturated rings. The Bertz CT molecular complexity index is 1770. The molecule has 194 valence electrons. The van der Waals surface area contributed by atoms with Crippen LogP contribution < -0.4 is 10.2 Å². The molecular formula is C38H32N2. The fourth-order valence-electron chi connectivity index (χ4n) is 7.86. The first-order chi connectivity index (χ1) is 19.8. The van der Waals surface area contributed by atoms with Crippen molar-refractivity contribution in [2.45, 2.75) is 44.1 Å². The van der Waals surface area contributed by atoms with Crippen LogP contribution in [0.3, 0.4) is 0 Å².